The molecular formula is C45H26S. The van der Waals surface area contributed by atoms with Gasteiger partial charge in [-0.15, -0.1) is 0 Å². The molecule has 0 N–H and O–H groups in total. The van der Waals surface area contributed by atoms with E-state index in [-0.39, 0.29) is 5.41 Å². The molecule has 0 aromatic heterocycles. The van der Waals surface area contributed by atoms with Crippen LogP contribution in [0.3, 0.4) is 0 Å². The van der Waals surface area contributed by atoms with Gasteiger partial charge in [0.2, 0.25) is 0 Å². The highest BCUT2D eigenvalue weighted by Gasteiger charge is 2.51. The second kappa shape index (κ2) is 8.88. The fourth-order valence-electron chi connectivity index (χ4n) is 8.76. The normalized spacial score (nSPS) is 16.3. The Morgan fingerprint density at radius 3 is 1.72 bits per heavy atom. The Kier molecular flexibility index (Phi) is 4.80. The van der Waals surface area contributed by atoms with Crippen molar-refractivity contribution in [2.24, 2.45) is 0 Å². The molecule has 1 atom stereocenters. The third kappa shape index (κ3) is 3.06. The minimum atomic E-state index is -0.346. The Bertz CT molecular complexity index is 2630. The van der Waals surface area contributed by atoms with Crippen molar-refractivity contribution in [1.82, 2.24) is 0 Å². The van der Waals surface area contributed by atoms with Gasteiger partial charge in [0.05, 0.1) is 5.41 Å². The number of fused-ring (bicyclic) bond motifs is 13. The molecule has 1 heterocycles. The van der Waals surface area contributed by atoms with E-state index in [9.17, 15) is 0 Å². The standard InChI is InChI=1S/C45H26S/c1-2-11-28-26-41-36(23-27(28)10-1)33-14-4-7-17-39(33)45(41)38-16-6-3-13-32(38)35-24-29(20-21-40(35)45)31-22-30-12-9-19-43-44(30)37(25-31)34-15-5-8-18-42(34)46-43/h1-26H. The van der Waals surface area contributed by atoms with E-state index in [1.54, 1.807) is 0 Å². The predicted octanol–water partition coefficient (Wildman–Crippen LogP) is 12.1. The van der Waals surface area contributed by atoms with Crippen molar-refractivity contribution < 1.29 is 0 Å². The summed E-state index contributed by atoms with van der Waals surface area (Å²) in [6, 6.07) is 59.5. The van der Waals surface area contributed by atoms with Crippen LogP contribution in [0, 0.1) is 0 Å². The first-order valence-corrected chi connectivity index (χ1v) is 16.8. The van der Waals surface area contributed by atoms with Crippen LogP contribution in [0.5, 0.6) is 0 Å². The van der Waals surface area contributed by atoms with Crippen LogP contribution in [0.2, 0.25) is 0 Å². The van der Waals surface area contributed by atoms with E-state index in [0.29, 0.717) is 0 Å². The van der Waals surface area contributed by atoms with Crippen LogP contribution in [0.15, 0.2) is 168 Å². The summed E-state index contributed by atoms with van der Waals surface area (Å²) in [6.45, 7) is 0. The maximum absolute atomic E-state index is 2.46. The summed E-state index contributed by atoms with van der Waals surface area (Å²) in [5.74, 6) is 0. The molecule has 8 aromatic carbocycles. The van der Waals surface area contributed by atoms with Crippen molar-refractivity contribution in [2.45, 2.75) is 15.2 Å². The highest BCUT2D eigenvalue weighted by atomic mass is 32.2. The lowest BCUT2D eigenvalue weighted by molar-refractivity contribution is 0.795. The van der Waals surface area contributed by atoms with Gasteiger partial charge in [0.1, 0.15) is 0 Å². The van der Waals surface area contributed by atoms with Crippen LogP contribution in [0.4, 0.5) is 0 Å². The first kappa shape index (κ1) is 24.9. The number of hydrogen-bond donors (Lipinski definition) is 0. The number of rotatable bonds is 1. The van der Waals surface area contributed by atoms with Crippen LogP contribution in [-0.2, 0) is 5.41 Å². The monoisotopic (exact) mass is 598 g/mol. The van der Waals surface area contributed by atoms with Crippen molar-refractivity contribution in [3.8, 4) is 44.5 Å². The van der Waals surface area contributed by atoms with Gasteiger partial charge < -0.3 is 0 Å². The third-order valence-electron chi connectivity index (χ3n) is 10.6. The van der Waals surface area contributed by atoms with Gasteiger partial charge in [0.25, 0.3) is 0 Å². The van der Waals surface area contributed by atoms with Crippen LogP contribution >= 0.6 is 11.8 Å². The zero-order valence-electron chi connectivity index (χ0n) is 24.9. The highest BCUT2D eigenvalue weighted by molar-refractivity contribution is 7.99. The Hall–Kier alpha value is -5.37. The van der Waals surface area contributed by atoms with Crippen LogP contribution in [0.25, 0.3) is 66.1 Å². The van der Waals surface area contributed by atoms with E-state index in [0.717, 1.165) is 0 Å². The van der Waals surface area contributed by atoms with Gasteiger partial charge in [-0.05, 0) is 125 Å². The van der Waals surface area contributed by atoms with Gasteiger partial charge >= 0.3 is 0 Å². The third-order valence-corrected chi connectivity index (χ3v) is 11.8. The molecule has 1 spiro atoms. The lowest BCUT2D eigenvalue weighted by Crippen LogP contribution is -2.25. The molecule has 2 aliphatic carbocycles. The molecule has 1 unspecified atom stereocenters. The minimum Gasteiger partial charge on any atom is -0.0888 e. The van der Waals surface area contributed by atoms with E-state index < -0.39 is 0 Å². The summed E-state index contributed by atoms with van der Waals surface area (Å²) in [5.41, 5.74) is 15.7. The summed E-state index contributed by atoms with van der Waals surface area (Å²) >= 11 is 1.89. The molecule has 0 fully saturated rings. The van der Waals surface area contributed by atoms with Crippen molar-refractivity contribution in [3.05, 3.63) is 180 Å². The van der Waals surface area contributed by atoms with E-state index >= 15 is 0 Å². The maximum Gasteiger partial charge on any atom is 0.0725 e. The van der Waals surface area contributed by atoms with Gasteiger partial charge in [0, 0.05) is 15.2 Å². The molecule has 0 saturated carbocycles. The lowest BCUT2D eigenvalue weighted by Gasteiger charge is -2.30. The van der Waals surface area contributed by atoms with E-state index in [1.807, 2.05) is 11.8 Å². The molecule has 1 heteroatoms. The molecule has 8 aromatic rings. The van der Waals surface area contributed by atoms with E-state index in [2.05, 4.69) is 158 Å². The SMILES string of the molecule is c1ccc2c(c1)Sc1cccc3cc(-c4ccc5c(c4)-c4ccccc4C54c5ccccc5-c5cc6ccccc6cc54)cc-2c13. The molecule has 11 rings (SSSR count). The molecule has 0 saturated heterocycles. The topological polar surface area (TPSA) is 0 Å². The average molecular weight is 599 g/mol. The summed E-state index contributed by atoms with van der Waals surface area (Å²) in [7, 11) is 0. The van der Waals surface area contributed by atoms with Crippen molar-refractivity contribution in [1.29, 1.82) is 0 Å². The van der Waals surface area contributed by atoms with E-state index in [4.69, 9.17) is 0 Å². The quantitative estimate of drug-likeness (QED) is 0.181. The van der Waals surface area contributed by atoms with Crippen molar-refractivity contribution in [2.75, 3.05) is 0 Å². The summed E-state index contributed by atoms with van der Waals surface area (Å²) in [6.07, 6.45) is 0. The fraction of sp³-hybridized carbons (Fsp3) is 0.0222. The maximum atomic E-state index is 2.46. The minimum absolute atomic E-state index is 0.346. The van der Waals surface area contributed by atoms with Crippen LogP contribution in [-0.4, -0.2) is 0 Å². The predicted molar refractivity (Wildman–Crippen MR) is 193 cm³/mol. The van der Waals surface area contributed by atoms with E-state index in [1.165, 1.54) is 98.1 Å². The number of benzene rings is 8. The molecule has 212 valence electrons. The van der Waals surface area contributed by atoms with Gasteiger partial charge in [-0.1, -0.05) is 127 Å². The molecule has 0 radical (unpaired) electrons. The summed E-state index contributed by atoms with van der Waals surface area (Å²) in [4.78, 5) is 2.67. The zero-order valence-corrected chi connectivity index (χ0v) is 25.7. The molecule has 1 aliphatic heterocycles. The number of hydrogen-bond acceptors (Lipinski definition) is 1. The second-order valence-corrected chi connectivity index (χ2v) is 13.9. The van der Waals surface area contributed by atoms with Gasteiger partial charge in [-0.2, -0.15) is 0 Å². The fourth-order valence-corrected chi connectivity index (χ4v) is 9.91. The molecule has 0 amide bonds. The van der Waals surface area contributed by atoms with Crippen LogP contribution in [0.1, 0.15) is 22.3 Å². The molecule has 0 bridgehead atoms. The van der Waals surface area contributed by atoms with Crippen LogP contribution < -0.4 is 0 Å². The van der Waals surface area contributed by atoms with Crippen molar-refractivity contribution >= 4 is 33.3 Å². The van der Waals surface area contributed by atoms with Gasteiger partial charge in [-0.25, -0.2) is 0 Å². The lowest BCUT2D eigenvalue weighted by atomic mass is 9.70. The zero-order chi connectivity index (χ0) is 30.0. The Morgan fingerprint density at radius 2 is 0.913 bits per heavy atom. The summed E-state index contributed by atoms with van der Waals surface area (Å²) < 4.78 is 0. The Morgan fingerprint density at radius 1 is 0.326 bits per heavy atom. The highest BCUT2D eigenvalue weighted by Crippen LogP contribution is 2.63. The Labute approximate surface area is 272 Å². The smallest absolute Gasteiger partial charge is 0.0725 e. The first-order chi connectivity index (χ1) is 22.8. The first-order valence-electron chi connectivity index (χ1n) is 16.0. The second-order valence-electron chi connectivity index (χ2n) is 12.8. The van der Waals surface area contributed by atoms with Gasteiger partial charge in [-0.3, -0.25) is 0 Å². The van der Waals surface area contributed by atoms with Crippen molar-refractivity contribution in [3.63, 3.8) is 0 Å². The molecule has 3 aliphatic rings. The largest absolute Gasteiger partial charge is 0.0888 e. The molecular weight excluding hydrogens is 573 g/mol. The Balaban J connectivity index is 1.19. The van der Waals surface area contributed by atoms with Gasteiger partial charge in [0.15, 0.2) is 0 Å². The molecule has 46 heavy (non-hydrogen) atoms. The summed E-state index contributed by atoms with van der Waals surface area (Å²) in [5, 5.41) is 5.25. The molecule has 0 nitrogen and oxygen atoms in total. The average Bonchev–Trinajstić information content (AvgIpc) is 3.57.